The van der Waals surface area contributed by atoms with E-state index in [2.05, 4.69) is 5.16 Å². The first-order valence-corrected chi connectivity index (χ1v) is 11.0. The van der Waals surface area contributed by atoms with E-state index in [1.54, 1.807) is 31.4 Å². The lowest BCUT2D eigenvalue weighted by atomic mass is 10.1. The van der Waals surface area contributed by atoms with Crippen LogP contribution in [-0.4, -0.2) is 39.0 Å². The number of esters is 1. The minimum Gasteiger partial charge on any atom is -0.496 e. The molecule has 0 atom stereocenters. The fraction of sp³-hybridized carbons (Fsp3) is 0.238. The van der Waals surface area contributed by atoms with Crippen molar-refractivity contribution in [3.8, 4) is 17.0 Å². The second-order valence-electron chi connectivity index (χ2n) is 6.75. The van der Waals surface area contributed by atoms with E-state index in [0.29, 0.717) is 35.9 Å². The van der Waals surface area contributed by atoms with E-state index in [1.807, 2.05) is 24.3 Å². The number of sulfonamides is 1. The van der Waals surface area contributed by atoms with Crippen LogP contribution in [0.1, 0.15) is 22.5 Å². The second-order valence-corrected chi connectivity index (χ2v) is 8.76. The normalized spacial score (nSPS) is 15.2. The summed E-state index contributed by atoms with van der Waals surface area (Å²) in [6.45, 7) is 0.303. The lowest BCUT2D eigenvalue weighted by molar-refractivity contribution is 0.0437. The predicted octanol–water partition coefficient (Wildman–Crippen LogP) is 3.25. The smallest absolute Gasteiger partial charge is 0.338 e. The number of carbonyl (C=O) groups excluding carboxylic acids is 1. The van der Waals surface area contributed by atoms with Gasteiger partial charge in [-0.25, -0.2) is 13.2 Å². The maximum atomic E-state index is 12.5. The van der Waals surface area contributed by atoms with Gasteiger partial charge in [0.15, 0.2) is 12.4 Å². The molecule has 2 aromatic carbocycles. The number of carbonyl (C=O) groups is 1. The van der Waals surface area contributed by atoms with Crippen LogP contribution in [0.3, 0.4) is 0 Å². The number of hydrogen-bond donors (Lipinski definition) is 0. The largest absolute Gasteiger partial charge is 0.496 e. The number of rotatable bonds is 6. The number of aromatic nitrogens is 1. The lowest BCUT2D eigenvalue weighted by Crippen LogP contribution is -2.25. The molecule has 0 amide bonds. The molecule has 1 aromatic heterocycles. The molecule has 2 heterocycles. The van der Waals surface area contributed by atoms with Gasteiger partial charge in [-0.1, -0.05) is 23.4 Å². The zero-order valence-electron chi connectivity index (χ0n) is 16.3. The average molecular weight is 428 g/mol. The Kier molecular flexibility index (Phi) is 5.45. The van der Waals surface area contributed by atoms with Gasteiger partial charge in [0, 0.05) is 18.2 Å². The Labute approximate surface area is 174 Å². The highest BCUT2D eigenvalue weighted by Crippen LogP contribution is 2.29. The molecule has 0 saturated carbocycles. The number of anilines is 1. The van der Waals surface area contributed by atoms with Crippen LogP contribution < -0.4 is 9.04 Å². The standard InChI is InChI=1S/C21H20N2O6S/c1-27-20-9-3-2-8-18(20)19-13-17(29-22-19)14-28-21(24)15-6-4-7-16(12-15)23-10-5-11-30(23,25)26/h2-4,6-9,12-13H,5,10-11,14H2,1H3. The van der Waals surface area contributed by atoms with Crippen LogP contribution in [0.4, 0.5) is 5.69 Å². The van der Waals surface area contributed by atoms with Crippen LogP contribution in [-0.2, 0) is 21.4 Å². The van der Waals surface area contributed by atoms with E-state index in [0.717, 1.165) is 5.56 Å². The van der Waals surface area contributed by atoms with E-state index in [9.17, 15) is 13.2 Å². The highest BCUT2D eigenvalue weighted by molar-refractivity contribution is 7.93. The minimum absolute atomic E-state index is 0.104. The summed E-state index contributed by atoms with van der Waals surface area (Å²) in [4.78, 5) is 12.5. The Morgan fingerprint density at radius 2 is 2.00 bits per heavy atom. The summed E-state index contributed by atoms with van der Waals surface area (Å²) in [6, 6.07) is 15.5. The zero-order valence-corrected chi connectivity index (χ0v) is 17.1. The Balaban J connectivity index is 1.45. The van der Waals surface area contributed by atoms with Crippen LogP contribution in [0.5, 0.6) is 5.75 Å². The Bertz CT molecular complexity index is 1170. The lowest BCUT2D eigenvalue weighted by Gasteiger charge is -2.17. The van der Waals surface area contributed by atoms with Crippen molar-refractivity contribution in [3.63, 3.8) is 0 Å². The van der Waals surface area contributed by atoms with E-state index in [1.165, 1.54) is 10.4 Å². The molecule has 1 aliphatic rings. The van der Waals surface area contributed by atoms with Gasteiger partial charge in [-0.2, -0.15) is 0 Å². The first-order chi connectivity index (χ1) is 14.5. The van der Waals surface area contributed by atoms with Crippen molar-refractivity contribution in [2.75, 3.05) is 23.7 Å². The predicted molar refractivity (Wildman–Crippen MR) is 110 cm³/mol. The van der Waals surface area contributed by atoms with Crippen molar-refractivity contribution in [3.05, 3.63) is 65.9 Å². The summed E-state index contributed by atoms with van der Waals surface area (Å²) in [5, 5.41) is 4.01. The molecule has 8 nitrogen and oxygen atoms in total. The second kappa shape index (κ2) is 8.19. The Morgan fingerprint density at radius 1 is 1.17 bits per heavy atom. The summed E-state index contributed by atoms with van der Waals surface area (Å²) in [5.41, 5.74) is 2.06. The first kappa shape index (κ1) is 20.0. The maximum absolute atomic E-state index is 12.5. The van der Waals surface area contributed by atoms with Crippen molar-refractivity contribution >= 4 is 21.7 Å². The summed E-state index contributed by atoms with van der Waals surface area (Å²) in [7, 11) is -1.75. The van der Waals surface area contributed by atoms with Crippen LogP contribution in [0.25, 0.3) is 11.3 Å². The molecule has 1 aliphatic heterocycles. The van der Waals surface area contributed by atoms with Crippen molar-refractivity contribution in [2.45, 2.75) is 13.0 Å². The fourth-order valence-electron chi connectivity index (χ4n) is 3.30. The molecule has 0 unspecified atom stereocenters. The highest BCUT2D eigenvalue weighted by atomic mass is 32.2. The van der Waals surface area contributed by atoms with E-state index >= 15 is 0 Å². The monoisotopic (exact) mass is 428 g/mol. The molecule has 1 fully saturated rings. The molecule has 30 heavy (non-hydrogen) atoms. The molecular weight excluding hydrogens is 408 g/mol. The third kappa shape index (κ3) is 4.02. The third-order valence-corrected chi connectivity index (χ3v) is 6.63. The van der Waals surface area contributed by atoms with Gasteiger partial charge in [0.25, 0.3) is 0 Å². The molecule has 0 spiro atoms. The Hall–Kier alpha value is -3.33. The van der Waals surface area contributed by atoms with E-state index in [4.69, 9.17) is 14.0 Å². The van der Waals surface area contributed by atoms with Crippen LogP contribution in [0.2, 0.25) is 0 Å². The highest BCUT2D eigenvalue weighted by Gasteiger charge is 2.28. The maximum Gasteiger partial charge on any atom is 0.338 e. The summed E-state index contributed by atoms with van der Waals surface area (Å²) < 4.78 is 41.4. The van der Waals surface area contributed by atoms with Gasteiger partial charge in [0.2, 0.25) is 10.0 Å². The average Bonchev–Trinajstić information content (AvgIpc) is 3.37. The molecule has 0 N–H and O–H groups in total. The van der Waals surface area contributed by atoms with Gasteiger partial charge < -0.3 is 14.0 Å². The SMILES string of the molecule is COc1ccccc1-c1cc(COC(=O)c2cccc(N3CCCS3(=O)=O)c2)on1. The van der Waals surface area contributed by atoms with Crippen LogP contribution >= 0.6 is 0 Å². The van der Waals surface area contributed by atoms with Crippen molar-refractivity contribution < 1.29 is 27.2 Å². The van der Waals surface area contributed by atoms with Gasteiger partial charge in [0.05, 0.1) is 24.1 Å². The quantitative estimate of drug-likeness (QED) is 0.556. The van der Waals surface area contributed by atoms with Gasteiger partial charge in [0.1, 0.15) is 11.4 Å². The number of nitrogens with zero attached hydrogens (tertiary/aromatic N) is 2. The molecule has 0 bridgehead atoms. The molecule has 156 valence electrons. The third-order valence-electron chi connectivity index (χ3n) is 4.76. The molecule has 3 aromatic rings. The summed E-state index contributed by atoms with van der Waals surface area (Å²) >= 11 is 0. The number of para-hydroxylation sites is 1. The van der Waals surface area contributed by atoms with E-state index in [-0.39, 0.29) is 17.9 Å². The number of benzene rings is 2. The van der Waals surface area contributed by atoms with Gasteiger partial charge in [-0.05, 0) is 36.8 Å². The molecule has 0 aliphatic carbocycles. The topological polar surface area (TPSA) is 98.9 Å². The van der Waals surface area contributed by atoms with Gasteiger partial charge in [-0.15, -0.1) is 0 Å². The summed E-state index contributed by atoms with van der Waals surface area (Å²) in [6.07, 6.45) is 0.567. The fourth-order valence-corrected chi connectivity index (χ4v) is 4.86. The number of methoxy groups -OCH3 is 1. The van der Waals surface area contributed by atoms with Gasteiger partial charge in [-0.3, -0.25) is 4.31 Å². The van der Waals surface area contributed by atoms with Crippen molar-refractivity contribution in [1.29, 1.82) is 0 Å². The first-order valence-electron chi connectivity index (χ1n) is 9.34. The molecule has 4 rings (SSSR count). The molecule has 0 radical (unpaired) electrons. The van der Waals surface area contributed by atoms with E-state index < -0.39 is 16.0 Å². The minimum atomic E-state index is -3.32. The number of hydrogen-bond acceptors (Lipinski definition) is 7. The number of ether oxygens (including phenoxy) is 2. The van der Waals surface area contributed by atoms with Crippen LogP contribution in [0.15, 0.2) is 59.1 Å². The summed E-state index contributed by atoms with van der Waals surface area (Å²) in [5.74, 6) is 0.566. The van der Waals surface area contributed by atoms with Gasteiger partial charge >= 0.3 is 5.97 Å². The van der Waals surface area contributed by atoms with Crippen molar-refractivity contribution in [1.82, 2.24) is 5.16 Å². The zero-order chi connectivity index (χ0) is 21.1. The molecule has 1 saturated heterocycles. The molecular formula is C21H20N2O6S. The van der Waals surface area contributed by atoms with Crippen molar-refractivity contribution in [2.24, 2.45) is 0 Å². The Morgan fingerprint density at radius 3 is 2.77 bits per heavy atom. The van der Waals surface area contributed by atoms with Crippen LogP contribution in [0, 0.1) is 0 Å². The molecule has 9 heteroatoms.